The molecule has 1 aromatic carbocycles. The average Bonchev–Trinajstić information content (AvgIpc) is 2.91. The molecule has 0 amide bonds. The molecule has 1 aliphatic rings. The first kappa shape index (κ1) is 14.1. The Hall–Kier alpha value is -1.81. The molecule has 2 aromatic rings. The van der Waals surface area contributed by atoms with E-state index in [2.05, 4.69) is 11.9 Å². The molecular weight excluding hydrogens is 266 g/mol. The van der Waals surface area contributed by atoms with Crippen molar-refractivity contribution in [2.45, 2.75) is 44.7 Å². The SMILES string of the molecule is CN(Cc1ccc2oc(C(=O)O)cc2c1)C1CCCCC1. The van der Waals surface area contributed by atoms with Crippen molar-refractivity contribution in [3.63, 3.8) is 0 Å². The molecule has 0 unspecified atom stereocenters. The van der Waals surface area contributed by atoms with Crippen LogP contribution in [0.15, 0.2) is 28.7 Å². The van der Waals surface area contributed by atoms with E-state index >= 15 is 0 Å². The van der Waals surface area contributed by atoms with Crippen molar-refractivity contribution in [2.24, 2.45) is 0 Å². The maximum Gasteiger partial charge on any atom is 0.371 e. The van der Waals surface area contributed by atoms with Gasteiger partial charge in [-0.3, -0.25) is 4.90 Å². The van der Waals surface area contributed by atoms with Gasteiger partial charge < -0.3 is 9.52 Å². The van der Waals surface area contributed by atoms with Gasteiger partial charge in [0.25, 0.3) is 0 Å². The Bertz CT molecular complexity index is 641. The molecule has 1 heterocycles. The number of benzene rings is 1. The summed E-state index contributed by atoms with van der Waals surface area (Å²) in [5.41, 5.74) is 1.84. The normalized spacial score (nSPS) is 16.7. The van der Waals surface area contributed by atoms with Gasteiger partial charge in [0.1, 0.15) is 5.58 Å². The first-order valence-corrected chi connectivity index (χ1v) is 7.59. The molecule has 1 aliphatic carbocycles. The van der Waals surface area contributed by atoms with E-state index in [-0.39, 0.29) is 5.76 Å². The Morgan fingerprint density at radius 1 is 1.29 bits per heavy atom. The molecule has 0 bridgehead atoms. The number of hydrogen-bond donors (Lipinski definition) is 1. The zero-order valence-corrected chi connectivity index (χ0v) is 12.3. The molecule has 21 heavy (non-hydrogen) atoms. The summed E-state index contributed by atoms with van der Waals surface area (Å²) < 4.78 is 5.29. The topological polar surface area (TPSA) is 53.7 Å². The quantitative estimate of drug-likeness (QED) is 0.926. The summed E-state index contributed by atoms with van der Waals surface area (Å²) in [6.07, 6.45) is 6.60. The van der Waals surface area contributed by atoms with Crippen molar-refractivity contribution in [2.75, 3.05) is 7.05 Å². The van der Waals surface area contributed by atoms with Gasteiger partial charge in [-0.1, -0.05) is 25.3 Å². The summed E-state index contributed by atoms with van der Waals surface area (Å²) in [7, 11) is 2.18. The molecule has 1 N–H and O–H groups in total. The van der Waals surface area contributed by atoms with Crippen LogP contribution >= 0.6 is 0 Å². The largest absolute Gasteiger partial charge is 0.475 e. The molecule has 1 fully saturated rings. The van der Waals surface area contributed by atoms with Gasteiger partial charge in [0.05, 0.1) is 0 Å². The van der Waals surface area contributed by atoms with Crippen LogP contribution in [-0.2, 0) is 6.54 Å². The molecule has 0 atom stereocenters. The smallest absolute Gasteiger partial charge is 0.371 e. The minimum absolute atomic E-state index is 0.00258. The lowest BCUT2D eigenvalue weighted by Crippen LogP contribution is -2.32. The molecule has 4 heteroatoms. The average molecular weight is 287 g/mol. The summed E-state index contributed by atoms with van der Waals surface area (Å²) in [5, 5.41) is 9.83. The van der Waals surface area contributed by atoms with Gasteiger partial charge in [-0.2, -0.15) is 0 Å². The highest BCUT2D eigenvalue weighted by atomic mass is 16.4. The molecule has 0 spiro atoms. The lowest BCUT2D eigenvalue weighted by atomic mass is 9.94. The summed E-state index contributed by atoms with van der Waals surface area (Å²) in [6.45, 7) is 0.897. The van der Waals surface area contributed by atoms with Crippen LogP contribution in [0.4, 0.5) is 0 Å². The summed E-state index contributed by atoms with van der Waals surface area (Å²) in [6, 6.07) is 8.20. The fraction of sp³-hybridized carbons (Fsp3) is 0.471. The standard InChI is InChI=1S/C17H21NO3/c1-18(14-5-3-2-4-6-14)11-12-7-8-15-13(9-12)10-16(21-15)17(19)20/h7-10,14H,2-6,11H2,1H3,(H,19,20). The number of fused-ring (bicyclic) bond motifs is 1. The van der Waals surface area contributed by atoms with Gasteiger partial charge in [-0.05, 0) is 43.7 Å². The Labute approximate surface area is 124 Å². The van der Waals surface area contributed by atoms with E-state index < -0.39 is 5.97 Å². The first-order valence-electron chi connectivity index (χ1n) is 7.59. The third-order valence-corrected chi connectivity index (χ3v) is 4.42. The van der Waals surface area contributed by atoms with Crippen LogP contribution in [-0.4, -0.2) is 29.1 Å². The second-order valence-corrected chi connectivity index (χ2v) is 5.99. The lowest BCUT2D eigenvalue weighted by Gasteiger charge is -2.31. The van der Waals surface area contributed by atoms with Crippen molar-refractivity contribution in [3.05, 3.63) is 35.6 Å². The Morgan fingerprint density at radius 2 is 2.05 bits per heavy atom. The molecule has 3 rings (SSSR count). The van der Waals surface area contributed by atoms with Gasteiger partial charge in [0.15, 0.2) is 0 Å². The second kappa shape index (κ2) is 5.90. The van der Waals surface area contributed by atoms with Crippen LogP contribution in [0.3, 0.4) is 0 Å². The van der Waals surface area contributed by atoms with Crippen LogP contribution in [0.5, 0.6) is 0 Å². The predicted molar refractivity (Wildman–Crippen MR) is 81.5 cm³/mol. The highest BCUT2D eigenvalue weighted by molar-refractivity contribution is 5.91. The lowest BCUT2D eigenvalue weighted by molar-refractivity contribution is 0.0665. The van der Waals surface area contributed by atoms with Crippen molar-refractivity contribution in [3.8, 4) is 0 Å². The zero-order valence-electron chi connectivity index (χ0n) is 12.3. The highest BCUT2D eigenvalue weighted by Gasteiger charge is 2.18. The third kappa shape index (κ3) is 3.10. The predicted octanol–water partition coefficient (Wildman–Crippen LogP) is 3.90. The van der Waals surface area contributed by atoms with Crippen molar-refractivity contribution in [1.82, 2.24) is 4.90 Å². The van der Waals surface area contributed by atoms with E-state index in [1.165, 1.54) is 37.7 Å². The van der Waals surface area contributed by atoms with Crippen LogP contribution in [0.25, 0.3) is 11.0 Å². The Balaban J connectivity index is 1.75. The fourth-order valence-corrected chi connectivity index (χ4v) is 3.24. The first-order chi connectivity index (χ1) is 10.1. The van der Waals surface area contributed by atoms with Crippen LogP contribution in [0.2, 0.25) is 0 Å². The Kier molecular flexibility index (Phi) is 3.97. The van der Waals surface area contributed by atoms with Gasteiger partial charge in [-0.25, -0.2) is 4.79 Å². The number of hydrogen-bond acceptors (Lipinski definition) is 3. The summed E-state index contributed by atoms with van der Waals surface area (Å²) in [5.74, 6) is -1.02. The van der Waals surface area contributed by atoms with E-state index in [0.717, 1.165) is 11.9 Å². The molecule has 4 nitrogen and oxygen atoms in total. The number of furan rings is 1. The monoisotopic (exact) mass is 287 g/mol. The zero-order chi connectivity index (χ0) is 14.8. The number of carboxylic acids is 1. The van der Waals surface area contributed by atoms with Crippen molar-refractivity contribution < 1.29 is 14.3 Å². The van der Waals surface area contributed by atoms with Gasteiger partial charge in [0, 0.05) is 18.0 Å². The molecule has 0 aliphatic heterocycles. The highest BCUT2D eigenvalue weighted by Crippen LogP contribution is 2.25. The molecule has 1 aromatic heterocycles. The maximum atomic E-state index is 10.9. The number of nitrogens with zero attached hydrogens (tertiary/aromatic N) is 1. The van der Waals surface area contributed by atoms with Crippen molar-refractivity contribution in [1.29, 1.82) is 0 Å². The van der Waals surface area contributed by atoms with Gasteiger partial charge in [0.2, 0.25) is 5.76 Å². The molecule has 1 saturated carbocycles. The van der Waals surface area contributed by atoms with Crippen LogP contribution < -0.4 is 0 Å². The molecule has 112 valence electrons. The summed E-state index contributed by atoms with van der Waals surface area (Å²) >= 11 is 0. The molecular formula is C17H21NO3. The van der Waals surface area contributed by atoms with E-state index in [4.69, 9.17) is 9.52 Å². The number of carboxylic acid groups (broad SMARTS) is 1. The van der Waals surface area contributed by atoms with Crippen molar-refractivity contribution >= 4 is 16.9 Å². The molecule has 0 saturated heterocycles. The van der Waals surface area contributed by atoms with E-state index in [1.807, 2.05) is 18.2 Å². The minimum atomic E-state index is -1.02. The summed E-state index contributed by atoms with van der Waals surface area (Å²) in [4.78, 5) is 13.4. The number of aromatic carboxylic acids is 1. The van der Waals surface area contributed by atoms with E-state index in [0.29, 0.717) is 11.6 Å². The van der Waals surface area contributed by atoms with Gasteiger partial charge >= 0.3 is 5.97 Å². The van der Waals surface area contributed by atoms with Gasteiger partial charge in [-0.15, -0.1) is 0 Å². The maximum absolute atomic E-state index is 10.9. The number of rotatable bonds is 4. The number of carbonyl (C=O) groups is 1. The van der Waals surface area contributed by atoms with E-state index in [9.17, 15) is 4.79 Å². The van der Waals surface area contributed by atoms with Crippen LogP contribution in [0.1, 0.15) is 48.2 Å². The fourth-order valence-electron chi connectivity index (χ4n) is 3.24. The van der Waals surface area contributed by atoms with Crippen LogP contribution in [0, 0.1) is 0 Å². The third-order valence-electron chi connectivity index (χ3n) is 4.42. The second-order valence-electron chi connectivity index (χ2n) is 5.99. The Morgan fingerprint density at radius 3 is 2.76 bits per heavy atom. The molecule has 0 radical (unpaired) electrons. The van der Waals surface area contributed by atoms with E-state index in [1.54, 1.807) is 6.07 Å². The minimum Gasteiger partial charge on any atom is -0.475 e.